The summed E-state index contributed by atoms with van der Waals surface area (Å²) in [7, 11) is 0. The van der Waals surface area contributed by atoms with E-state index in [2.05, 4.69) is 25.7 Å². The lowest BCUT2D eigenvalue weighted by Crippen LogP contribution is -2.61. The summed E-state index contributed by atoms with van der Waals surface area (Å²) in [5, 5.41) is 0. The van der Waals surface area contributed by atoms with E-state index in [1.54, 1.807) is 0 Å². The highest BCUT2D eigenvalue weighted by molar-refractivity contribution is 4.99. The quantitative estimate of drug-likeness (QED) is 0.814. The molecular weight excluding hydrogens is 260 g/mol. The fourth-order valence-electron chi connectivity index (χ4n) is 4.52. The molecule has 2 aliphatic rings. The zero-order valence-corrected chi connectivity index (χ0v) is 14.5. The summed E-state index contributed by atoms with van der Waals surface area (Å²) in [6, 6.07) is 0. The molecule has 2 unspecified atom stereocenters. The van der Waals surface area contributed by atoms with E-state index in [0.717, 1.165) is 26.0 Å². The van der Waals surface area contributed by atoms with Crippen molar-refractivity contribution in [2.45, 2.75) is 83.8 Å². The van der Waals surface area contributed by atoms with Crippen LogP contribution in [0.25, 0.3) is 0 Å². The number of ether oxygens (including phenoxy) is 1. The zero-order valence-electron chi connectivity index (χ0n) is 14.5. The molecule has 0 aromatic heterocycles. The van der Waals surface area contributed by atoms with E-state index in [1.165, 1.54) is 51.6 Å². The van der Waals surface area contributed by atoms with Crippen LogP contribution in [0, 0.1) is 5.41 Å². The fraction of sp³-hybridized carbons (Fsp3) is 1.00. The second-order valence-corrected chi connectivity index (χ2v) is 7.36. The first-order valence-corrected chi connectivity index (χ1v) is 9.20. The van der Waals surface area contributed by atoms with Gasteiger partial charge in [-0.25, -0.2) is 0 Å². The van der Waals surface area contributed by atoms with Crippen molar-refractivity contribution in [3.8, 4) is 0 Å². The first kappa shape index (κ1) is 17.2. The third-order valence-electron chi connectivity index (χ3n) is 6.51. The van der Waals surface area contributed by atoms with Gasteiger partial charge >= 0.3 is 0 Å². The summed E-state index contributed by atoms with van der Waals surface area (Å²) in [6.07, 6.45) is 10.4. The Labute approximate surface area is 131 Å². The van der Waals surface area contributed by atoms with Crippen LogP contribution in [0.5, 0.6) is 0 Å². The van der Waals surface area contributed by atoms with Crippen molar-refractivity contribution in [1.29, 1.82) is 0 Å². The number of rotatable bonds is 6. The van der Waals surface area contributed by atoms with Crippen molar-refractivity contribution in [3.05, 3.63) is 0 Å². The molecular formula is C18H36N2O. The molecule has 0 aliphatic carbocycles. The van der Waals surface area contributed by atoms with Crippen molar-refractivity contribution < 1.29 is 4.74 Å². The van der Waals surface area contributed by atoms with E-state index in [0.29, 0.717) is 11.5 Å². The summed E-state index contributed by atoms with van der Waals surface area (Å²) >= 11 is 0. The predicted octanol–water partition coefficient (Wildman–Crippen LogP) is 3.57. The van der Waals surface area contributed by atoms with Crippen LogP contribution >= 0.6 is 0 Å². The molecule has 124 valence electrons. The molecule has 2 aliphatic heterocycles. The highest BCUT2D eigenvalue weighted by Gasteiger charge is 2.43. The Morgan fingerprint density at radius 2 is 1.76 bits per heavy atom. The number of likely N-dealkylation sites (tertiary alicyclic amines) is 1. The van der Waals surface area contributed by atoms with Crippen LogP contribution in [-0.2, 0) is 4.74 Å². The predicted molar refractivity (Wildman–Crippen MR) is 89.5 cm³/mol. The number of hydrogen-bond acceptors (Lipinski definition) is 3. The Morgan fingerprint density at radius 3 is 2.29 bits per heavy atom. The number of nitrogens with zero attached hydrogens (tertiary/aromatic N) is 1. The maximum absolute atomic E-state index is 6.26. The molecule has 0 aromatic rings. The molecule has 3 nitrogen and oxygen atoms in total. The lowest BCUT2D eigenvalue weighted by molar-refractivity contribution is -0.0886. The van der Waals surface area contributed by atoms with E-state index in [4.69, 9.17) is 10.5 Å². The van der Waals surface area contributed by atoms with Crippen molar-refractivity contribution in [2.75, 3.05) is 26.2 Å². The summed E-state index contributed by atoms with van der Waals surface area (Å²) in [6.45, 7) is 11.1. The molecule has 2 rings (SSSR count). The molecule has 0 spiro atoms. The molecule has 2 heterocycles. The van der Waals surface area contributed by atoms with Gasteiger partial charge in [0.1, 0.15) is 0 Å². The molecule has 0 radical (unpaired) electrons. The Balaban J connectivity index is 2.01. The Hall–Kier alpha value is -0.120. The van der Waals surface area contributed by atoms with E-state index < -0.39 is 0 Å². The largest absolute Gasteiger partial charge is 0.378 e. The van der Waals surface area contributed by atoms with Crippen LogP contribution in [-0.4, -0.2) is 42.8 Å². The molecule has 0 bridgehead atoms. The maximum atomic E-state index is 6.26. The molecule has 21 heavy (non-hydrogen) atoms. The van der Waals surface area contributed by atoms with Gasteiger partial charge in [0.15, 0.2) is 0 Å². The lowest BCUT2D eigenvalue weighted by Gasteiger charge is -2.52. The third kappa shape index (κ3) is 3.62. The summed E-state index contributed by atoms with van der Waals surface area (Å²) in [5.74, 6) is 0. The van der Waals surface area contributed by atoms with Gasteiger partial charge in [0.25, 0.3) is 0 Å². The van der Waals surface area contributed by atoms with Crippen LogP contribution in [0.4, 0.5) is 0 Å². The Kier molecular flexibility index (Phi) is 6.10. The minimum atomic E-state index is 0.214. The normalized spacial score (nSPS) is 34.0. The molecule has 3 heteroatoms. The van der Waals surface area contributed by atoms with E-state index >= 15 is 0 Å². The van der Waals surface area contributed by atoms with Crippen LogP contribution in [0.2, 0.25) is 0 Å². The monoisotopic (exact) mass is 296 g/mol. The van der Waals surface area contributed by atoms with Gasteiger partial charge in [-0.05, 0) is 50.6 Å². The molecule has 0 amide bonds. The van der Waals surface area contributed by atoms with Crippen LogP contribution in [0.15, 0.2) is 0 Å². The minimum Gasteiger partial charge on any atom is -0.378 e. The number of nitrogens with two attached hydrogens (primary N) is 1. The topological polar surface area (TPSA) is 38.5 Å². The summed E-state index contributed by atoms with van der Waals surface area (Å²) in [5.41, 5.74) is 7.07. The van der Waals surface area contributed by atoms with Crippen LogP contribution in [0.1, 0.15) is 72.1 Å². The van der Waals surface area contributed by atoms with E-state index in [1.807, 2.05) is 0 Å². The molecule has 2 fully saturated rings. The van der Waals surface area contributed by atoms with Gasteiger partial charge in [0.2, 0.25) is 0 Å². The van der Waals surface area contributed by atoms with Crippen molar-refractivity contribution >= 4 is 0 Å². The van der Waals surface area contributed by atoms with Crippen molar-refractivity contribution in [2.24, 2.45) is 11.1 Å². The zero-order chi connectivity index (χ0) is 15.3. The van der Waals surface area contributed by atoms with E-state index in [9.17, 15) is 0 Å². The smallest absolute Gasteiger partial charge is 0.0593 e. The van der Waals surface area contributed by atoms with Crippen LogP contribution < -0.4 is 5.73 Å². The molecule has 0 aromatic carbocycles. The highest BCUT2D eigenvalue weighted by Crippen LogP contribution is 2.42. The molecule has 0 saturated carbocycles. The minimum absolute atomic E-state index is 0.214. The average molecular weight is 296 g/mol. The second kappa shape index (κ2) is 7.43. The second-order valence-electron chi connectivity index (χ2n) is 7.36. The van der Waals surface area contributed by atoms with Gasteiger partial charge in [0.05, 0.1) is 6.10 Å². The first-order chi connectivity index (χ1) is 10.1. The van der Waals surface area contributed by atoms with Gasteiger partial charge < -0.3 is 10.5 Å². The summed E-state index contributed by atoms with van der Waals surface area (Å²) in [4.78, 5) is 2.72. The number of piperidine rings is 1. The van der Waals surface area contributed by atoms with Crippen molar-refractivity contribution in [3.63, 3.8) is 0 Å². The molecule has 2 N–H and O–H groups in total. The SMILES string of the molecule is CCCC1CC(CN)(N2CCC(CC)(CC)CC2)CCO1. The first-order valence-electron chi connectivity index (χ1n) is 9.20. The van der Waals surface area contributed by atoms with Gasteiger partial charge in [-0.1, -0.05) is 40.0 Å². The summed E-state index contributed by atoms with van der Waals surface area (Å²) < 4.78 is 5.97. The number of hydrogen-bond donors (Lipinski definition) is 1. The average Bonchev–Trinajstić information content (AvgIpc) is 2.55. The molecule has 2 saturated heterocycles. The Bertz CT molecular complexity index is 304. The Morgan fingerprint density at radius 1 is 1.10 bits per heavy atom. The standard InChI is InChI=1S/C18H36N2O/c1-4-7-16-14-18(15-19,10-13-21-16)20-11-8-17(5-2,6-3)9-12-20/h16H,4-15,19H2,1-3H3. The van der Waals surface area contributed by atoms with Crippen LogP contribution in [0.3, 0.4) is 0 Å². The lowest BCUT2D eigenvalue weighted by atomic mass is 9.72. The van der Waals surface area contributed by atoms with Gasteiger partial charge in [0, 0.05) is 18.7 Å². The third-order valence-corrected chi connectivity index (χ3v) is 6.51. The van der Waals surface area contributed by atoms with Gasteiger partial charge in [-0.15, -0.1) is 0 Å². The maximum Gasteiger partial charge on any atom is 0.0593 e. The van der Waals surface area contributed by atoms with Gasteiger partial charge in [-0.3, -0.25) is 4.90 Å². The van der Waals surface area contributed by atoms with E-state index in [-0.39, 0.29) is 5.54 Å². The fourth-order valence-corrected chi connectivity index (χ4v) is 4.52. The molecule has 2 atom stereocenters. The van der Waals surface area contributed by atoms with Crippen molar-refractivity contribution in [1.82, 2.24) is 4.90 Å². The highest BCUT2D eigenvalue weighted by atomic mass is 16.5. The van der Waals surface area contributed by atoms with Gasteiger partial charge in [-0.2, -0.15) is 0 Å².